The third-order valence-corrected chi connectivity index (χ3v) is 3.04. The van der Waals surface area contributed by atoms with Crippen LogP contribution in [0.2, 0.25) is 0 Å². The number of hydrogen-bond donors (Lipinski definition) is 1. The number of rotatable bonds is 3. The highest BCUT2D eigenvalue weighted by atomic mass is 16.5. The number of nitrogens with zero attached hydrogens (tertiary/aromatic N) is 2. The summed E-state index contributed by atoms with van der Waals surface area (Å²) >= 11 is 0. The van der Waals surface area contributed by atoms with Crippen molar-refractivity contribution in [3.05, 3.63) is 12.4 Å². The molecule has 1 fully saturated rings. The first-order valence-corrected chi connectivity index (χ1v) is 6.37. The number of hydrogen-bond acceptors (Lipinski definition) is 3. The lowest BCUT2D eigenvalue weighted by atomic mass is 9.96. The third kappa shape index (κ3) is 3.32. The van der Waals surface area contributed by atoms with Gasteiger partial charge in [0.25, 0.3) is 0 Å². The van der Waals surface area contributed by atoms with Gasteiger partial charge in [-0.05, 0) is 6.42 Å². The van der Waals surface area contributed by atoms with Crippen LogP contribution in [-0.2, 0) is 16.1 Å². The molecule has 0 saturated carbocycles. The van der Waals surface area contributed by atoms with E-state index < -0.39 is 0 Å². The Kier molecular flexibility index (Phi) is 3.71. The standard InChI is InChI=1S/C13H21N3O2/c1-13(2,3)12(17)15-11-6-14-16(8-11)7-10-4-5-18-9-10/h6,8,10H,4-5,7,9H2,1-3H3,(H,15,17). The summed E-state index contributed by atoms with van der Waals surface area (Å²) < 4.78 is 7.21. The van der Waals surface area contributed by atoms with Crippen LogP contribution in [0.1, 0.15) is 27.2 Å². The molecule has 2 rings (SSSR count). The maximum absolute atomic E-state index is 11.8. The fourth-order valence-electron chi connectivity index (χ4n) is 1.84. The van der Waals surface area contributed by atoms with Crippen molar-refractivity contribution in [1.29, 1.82) is 0 Å². The van der Waals surface area contributed by atoms with Crippen LogP contribution < -0.4 is 5.32 Å². The summed E-state index contributed by atoms with van der Waals surface area (Å²) in [6, 6.07) is 0. The summed E-state index contributed by atoms with van der Waals surface area (Å²) in [5.41, 5.74) is 0.371. The molecule has 5 heteroatoms. The topological polar surface area (TPSA) is 56.2 Å². The molecule has 1 aliphatic rings. The summed E-state index contributed by atoms with van der Waals surface area (Å²) in [4.78, 5) is 11.8. The van der Waals surface area contributed by atoms with Crippen molar-refractivity contribution in [2.24, 2.45) is 11.3 Å². The molecule has 1 amide bonds. The summed E-state index contributed by atoms with van der Waals surface area (Å²) in [5, 5.41) is 7.13. The Morgan fingerprint density at radius 1 is 1.61 bits per heavy atom. The van der Waals surface area contributed by atoms with Crippen LogP contribution >= 0.6 is 0 Å². The second kappa shape index (κ2) is 5.10. The Morgan fingerprint density at radius 3 is 3.00 bits per heavy atom. The minimum atomic E-state index is -0.388. The van der Waals surface area contributed by atoms with Crippen LogP contribution in [0, 0.1) is 11.3 Å². The number of nitrogens with one attached hydrogen (secondary N) is 1. The largest absolute Gasteiger partial charge is 0.381 e. The van der Waals surface area contributed by atoms with E-state index in [1.807, 2.05) is 31.6 Å². The Bertz CT molecular complexity index is 414. The van der Waals surface area contributed by atoms with E-state index in [2.05, 4.69) is 10.4 Å². The lowest BCUT2D eigenvalue weighted by Crippen LogP contribution is -2.27. The molecule has 1 aliphatic heterocycles. The maximum Gasteiger partial charge on any atom is 0.229 e. The van der Waals surface area contributed by atoms with Crippen molar-refractivity contribution < 1.29 is 9.53 Å². The molecular formula is C13H21N3O2. The van der Waals surface area contributed by atoms with Gasteiger partial charge in [-0.25, -0.2) is 0 Å². The van der Waals surface area contributed by atoms with E-state index in [0.29, 0.717) is 5.92 Å². The predicted octanol–water partition coefficient (Wildman–Crippen LogP) is 1.90. The molecule has 100 valence electrons. The van der Waals surface area contributed by atoms with Gasteiger partial charge < -0.3 is 10.1 Å². The first kappa shape index (κ1) is 13.1. The molecule has 1 aromatic heterocycles. The lowest BCUT2D eigenvalue weighted by Gasteiger charge is -2.16. The van der Waals surface area contributed by atoms with Crippen LogP contribution in [0.4, 0.5) is 5.69 Å². The smallest absolute Gasteiger partial charge is 0.229 e. The molecule has 0 aliphatic carbocycles. The van der Waals surface area contributed by atoms with Gasteiger partial charge in [0.1, 0.15) is 0 Å². The van der Waals surface area contributed by atoms with E-state index in [9.17, 15) is 4.79 Å². The van der Waals surface area contributed by atoms with Crippen molar-refractivity contribution >= 4 is 11.6 Å². The normalized spacial score (nSPS) is 20.1. The van der Waals surface area contributed by atoms with Crippen molar-refractivity contribution in [2.75, 3.05) is 18.5 Å². The highest BCUT2D eigenvalue weighted by Gasteiger charge is 2.22. The lowest BCUT2D eigenvalue weighted by molar-refractivity contribution is -0.123. The molecule has 18 heavy (non-hydrogen) atoms. The molecule has 0 radical (unpaired) electrons. The Hall–Kier alpha value is -1.36. The van der Waals surface area contributed by atoms with Gasteiger partial charge in [0.15, 0.2) is 0 Å². The van der Waals surface area contributed by atoms with E-state index in [-0.39, 0.29) is 11.3 Å². The third-order valence-electron chi connectivity index (χ3n) is 3.04. The van der Waals surface area contributed by atoms with Gasteiger partial charge in [-0.15, -0.1) is 0 Å². The highest BCUT2D eigenvalue weighted by Crippen LogP contribution is 2.18. The number of ether oxygens (including phenoxy) is 1. The quantitative estimate of drug-likeness (QED) is 0.892. The van der Waals surface area contributed by atoms with Gasteiger partial charge in [0.2, 0.25) is 5.91 Å². The van der Waals surface area contributed by atoms with Crippen molar-refractivity contribution in [3.8, 4) is 0 Å². The highest BCUT2D eigenvalue weighted by molar-refractivity contribution is 5.94. The molecule has 0 spiro atoms. The predicted molar refractivity (Wildman–Crippen MR) is 69.2 cm³/mol. The zero-order chi connectivity index (χ0) is 13.2. The van der Waals surface area contributed by atoms with Crippen molar-refractivity contribution in [2.45, 2.75) is 33.7 Å². The van der Waals surface area contributed by atoms with E-state index in [4.69, 9.17) is 4.74 Å². The van der Waals surface area contributed by atoms with Crippen LogP contribution in [0.25, 0.3) is 0 Å². The second-order valence-electron chi connectivity index (χ2n) is 5.88. The molecule has 1 saturated heterocycles. The number of carbonyl (C=O) groups is 1. The zero-order valence-corrected chi connectivity index (χ0v) is 11.3. The molecular weight excluding hydrogens is 230 g/mol. The average Bonchev–Trinajstić information content (AvgIpc) is 2.89. The maximum atomic E-state index is 11.8. The van der Waals surface area contributed by atoms with Gasteiger partial charge in [0, 0.05) is 30.7 Å². The Labute approximate surface area is 108 Å². The fraction of sp³-hybridized carbons (Fsp3) is 0.692. The summed E-state index contributed by atoms with van der Waals surface area (Å²) in [6.07, 6.45) is 4.66. The number of aromatic nitrogens is 2. The zero-order valence-electron chi connectivity index (χ0n) is 11.3. The molecule has 1 unspecified atom stereocenters. The second-order valence-corrected chi connectivity index (χ2v) is 5.88. The number of carbonyl (C=O) groups excluding carboxylic acids is 1. The summed E-state index contributed by atoms with van der Waals surface area (Å²) in [7, 11) is 0. The first-order chi connectivity index (χ1) is 8.45. The van der Waals surface area contributed by atoms with E-state index in [1.165, 1.54) is 0 Å². The van der Waals surface area contributed by atoms with Gasteiger partial charge in [-0.2, -0.15) is 5.10 Å². The van der Waals surface area contributed by atoms with Crippen molar-refractivity contribution in [1.82, 2.24) is 9.78 Å². The molecule has 2 heterocycles. The van der Waals surface area contributed by atoms with Crippen LogP contribution in [0.15, 0.2) is 12.4 Å². The fourth-order valence-corrected chi connectivity index (χ4v) is 1.84. The number of anilines is 1. The van der Waals surface area contributed by atoms with Crippen molar-refractivity contribution in [3.63, 3.8) is 0 Å². The SMILES string of the molecule is CC(C)(C)C(=O)Nc1cnn(CC2CCOC2)c1. The first-order valence-electron chi connectivity index (χ1n) is 6.37. The monoisotopic (exact) mass is 251 g/mol. The van der Waals surface area contributed by atoms with Gasteiger partial charge in [0.05, 0.1) is 18.5 Å². The Morgan fingerprint density at radius 2 is 2.39 bits per heavy atom. The molecule has 0 bridgehead atoms. The van der Waals surface area contributed by atoms with Crippen LogP contribution in [-0.4, -0.2) is 28.9 Å². The molecule has 5 nitrogen and oxygen atoms in total. The summed E-state index contributed by atoms with van der Waals surface area (Å²) in [5.74, 6) is 0.544. The minimum Gasteiger partial charge on any atom is -0.381 e. The minimum absolute atomic E-state index is 0.00579. The molecule has 1 atom stereocenters. The molecule has 1 aromatic rings. The van der Waals surface area contributed by atoms with Gasteiger partial charge >= 0.3 is 0 Å². The van der Waals surface area contributed by atoms with Gasteiger partial charge in [-0.3, -0.25) is 9.48 Å². The van der Waals surface area contributed by atoms with Gasteiger partial charge in [-0.1, -0.05) is 20.8 Å². The Balaban J connectivity index is 1.91. The van der Waals surface area contributed by atoms with E-state index in [0.717, 1.165) is 31.9 Å². The average molecular weight is 251 g/mol. The van der Waals surface area contributed by atoms with E-state index >= 15 is 0 Å². The van der Waals surface area contributed by atoms with Crippen LogP contribution in [0.3, 0.4) is 0 Å². The molecule has 1 N–H and O–H groups in total. The number of amides is 1. The summed E-state index contributed by atoms with van der Waals surface area (Å²) in [6.45, 7) is 8.18. The van der Waals surface area contributed by atoms with E-state index in [1.54, 1.807) is 6.20 Å². The van der Waals surface area contributed by atoms with Crippen LogP contribution in [0.5, 0.6) is 0 Å². The molecule has 0 aromatic carbocycles.